The quantitative estimate of drug-likeness (QED) is 0.771. The van der Waals surface area contributed by atoms with Gasteiger partial charge in [0.25, 0.3) is 5.56 Å². The second-order valence-electron chi connectivity index (χ2n) is 6.34. The number of rotatable bonds is 4. The number of hydrogen-bond donors (Lipinski definition) is 2. The number of aryl methyl sites for hydroxylation is 2. The molecule has 0 saturated carbocycles. The molecule has 0 saturated heterocycles. The Balaban J connectivity index is 2.24. The molecule has 2 atom stereocenters. The van der Waals surface area contributed by atoms with Gasteiger partial charge in [0.15, 0.2) is 5.52 Å². The molecule has 0 spiro atoms. The van der Waals surface area contributed by atoms with E-state index in [2.05, 4.69) is 46.3 Å². The number of aliphatic hydroxyl groups is 1. The van der Waals surface area contributed by atoms with Crippen LogP contribution < -0.4 is 5.56 Å². The Morgan fingerprint density at radius 1 is 1.21 bits per heavy atom. The van der Waals surface area contributed by atoms with Crippen molar-refractivity contribution in [3.8, 4) is 0 Å². The molecule has 0 aliphatic carbocycles. The Morgan fingerprint density at radius 3 is 2.50 bits per heavy atom. The van der Waals surface area contributed by atoms with Crippen molar-refractivity contribution in [3.63, 3.8) is 0 Å². The highest BCUT2D eigenvalue weighted by molar-refractivity contribution is 5.78. The van der Waals surface area contributed by atoms with Gasteiger partial charge in [0, 0.05) is 5.92 Å². The van der Waals surface area contributed by atoms with Crippen molar-refractivity contribution in [2.75, 3.05) is 6.61 Å². The van der Waals surface area contributed by atoms with E-state index in [1.807, 2.05) is 13.8 Å². The average molecular weight is 326 g/mol. The third kappa shape index (κ3) is 2.73. The molecule has 2 aromatic heterocycles. The van der Waals surface area contributed by atoms with Crippen LogP contribution in [0.2, 0.25) is 0 Å². The molecule has 0 aliphatic heterocycles. The minimum absolute atomic E-state index is 0.00561. The van der Waals surface area contributed by atoms with E-state index in [9.17, 15) is 9.90 Å². The van der Waals surface area contributed by atoms with E-state index in [1.54, 1.807) is 11.6 Å². The Bertz CT molecular complexity index is 925. The number of aliphatic hydroxyl groups excluding tert-OH is 1. The summed E-state index contributed by atoms with van der Waals surface area (Å²) in [5, 5.41) is 14.1. The Labute approximate surface area is 140 Å². The lowest BCUT2D eigenvalue weighted by molar-refractivity contribution is 0.232. The maximum Gasteiger partial charge on any atom is 0.277 e. The van der Waals surface area contributed by atoms with Gasteiger partial charge >= 0.3 is 0 Å². The van der Waals surface area contributed by atoms with Crippen LogP contribution in [0.5, 0.6) is 0 Å². The predicted octanol–water partition coefficient (Wildman–Crippen LogP) is 2.44. The summed E-state index contributed by atoms with van der Waals surface area (Å²) in [5.74, 6) is 0.551. The molecule has 126 valence electrons. The van der Waals surface area contributed by atoms with Gasteiger partial charge in [-0.3, -0.25) is 9.48 Å². The zero-order valence-corrected chi connectivity index (χ0v) is 14.4. The summed E-state index contributed by atoms with van der Waals surface area (Å²) in [6, 6.07) is 7.97. The van der Waals surface area contributed by atoms with E-state index < -0.39 is 0 Å². The number of aromatic nitrogens is 4. The van der Waals surface area contributed by atoms with Crippen LogP contribution in [-0.4, -0.2) is 31.5 Å². The minimum atomic E-state index is -0.294. The number of fused-ring (bicyclic) bond motifs is 1. The van der Waals surface area contributed by atoms with Crippen LogP contribution in [-0.2, 0) is 0 Å². The fraction of sp³-hybridized carbons (Fsp3) is 0.389. The first-order valence-corrected chi connectivity index (χ1v) is 8.08. The van der Waals surface area contributed by atoms with Crippen LogP contribution >= 0.6 is 0 Å². The van der Waals surface area contributed by atoms with Crippen LogP contribution in [0.1, 0.15) is 48.5 Å². The number of aromatic amines is 1. The summed E-state index contributed by atoms with van der Waals surface area (Å²) in [7, 11) is 0. The molecule has 0 bridgehead atoms. The van der Waals surface area contributed by atoms with E-state index in [4.69, 9.17) is 0 Å². The lowest BCUT2D eigenvalue weighted by Crippen LogP contribution is -2.18. The van der Waals surface area contributed by atoms with Gasteiger partial charge in [-0.1, -0.05) is 36.8 Å². The van der Waals surface area contributed by atoms with Gasteiger partial charge in [-0.05, 0) is 26.3 Å². The Kier molecular flexibility index (Phi) is 4.24. The first kappa shape index (κ1) is 16.4. The van der Waals surface area contributed by atoms with Gasteiger partial charge in [-0.15, -0.1) is 0 Å². The van der Waals surface area contributed by atoms with Crippen LogP contribution in [0, 0.1) is 13.8 Å². The Hall–Kier alpha value is -2.47. The largest absolute Gasteiger partial charge is 0.394 e. The van der Waals surface area contributed by atoms with Gasteiger partial charge in [0.2, 0.25) is 0 Å². The molecular weight excluding hydrogens is 304 g/mol. The highest BCUT2D eigenvalue weighted by Crippen LogP contribution is 2.29. The first-order chi connectivity index (χ1) is 11.4. The molecular formula is C18H22N4O2. The van der Waals surface area contributed by atoms with Crippen molar-refractivity contribution in [1.82, 2.24) is 19.7 Å². The minimum Gasteiger partial charge on any atom is -0.394 e. The third-order valence-corrected chi connectivity index (χ3v) is 4.37. The lowest BCUT2D eigenvalue weighted by Gasteiger charge is -2.11. The molecule has 1 aromatic carbocycles. The zero-order chi connectivity index (χ0) is 17.4. The number of H-pyrrole nitrogens is 1. The van der Waals surface area contributed by atoms with E-state index in [0.29, 0.717) is 16.9 Å². The number of benzene rings is 1. The SMILES string of the molecule is Cc1ccc(C(C)c2nn([C@H](C)CO)c3c(=O)[nH]c(C)nc23)cc1. The molecule has 0 aliphatic rings. The van der Waals surface area contributed by atoms with Gasteiger partial charge in [0.05, 0.1) is 18.3 Å². The third-order valence-electron chi connectivity index (χ3n) is 4.37. The normalized spacial score (nSPS) is 14.0. The Morgan fingerprint density at radius 2 is 1.88 bits per heavy atom. The zero-order valence-electron chi connectivity index (χ0n) is 14.4. The summed E-state index contributed by atoms with van der Waals surface area (Å²) in [6.07, 6.45) is 0. The summed E-state index contributed by atoms with van der Waals surface area (Å²) < 4.78 is 1.58. The summed E-state index contributed by atoms with van der Waals surface area (Å²) in [6.45, 7) is 7.59. The van der Waals surface area contributed by atoms with Crippen LogP contribution in [0.25, 0.3) is 11.0 Å². The summed E-state index contributed by atoms with van der Waals surface area (Å²) >= 11 is 0. The van der Waals surface area contributed by atoms with Crippen molar-refractivity contribution < 1.29 is 5.11 Å². The molecule has 1 unspecified atom stereocenters. The van der Waals surface area contributed by atoms with E-state index in [0.717, 1.165) is 11.3 Å². The average Bonchev–Trinajstić information content (AvgIpc) is 2.93. The number of nitrogens with one attached hydrogen (secondary N) is 1. The lowest BCUT2D eigenvalue weighted by atomic mass is 9.96. The highest BCUT2D eigenvalue weighted by atomic mass is 16.3. The van der Waals surface area contributed by atoms with E-state index in [-0.39, 0.29) is 24.1 Å². The topological polar surface area (TPSA) is 83.8 Å². The van der Waals surface area contributed by atoms with Crippen molar-refractivity contribution in [2.24, 2.45) is 0 Å². The molecule has 3 aromatic rings. The smallest absolute Gasteiger partial charge is 0.277 e. The van der Waals surface area contributed by atoms with Crippen LogP contribution in [0.4, 0.5) is 0 Å². The molecule has 3 rings (SSSR count). The maximum atomic E-state index is 12.4. The molecule has 0 amide bonds. The fourth-order valence-electron chi connectivity index (χ4n) is 2.89. The first-order valence-electron chi connectivity index (χ1n) is 8.08. The van der Waals surface area contributed by atoms with Crippen LogP contribution in [0.15, 0.2) is 29.1 Å². The van der Waals surface area contributed by atoms with Crippen molar-refractivity contribution >= 4 is 11.0 Å². The molecule has 6 nitrogen and oxygen atoms in total. The fourth-order valence-corrected chi connectivity index (χ4v) is 2.89. The molecule has 24 heavy (non-hydrogen) atoms. The summed E-state index contributed by atoms with van der Waals surface area (Å²) in [4.78, 5) is 19.7. The van der Waals surface area contributed by atoms with Gasteiger partial charge in [0.1, 0.15) is 11.3 Å². The van der Waals surface area contributed by atoms with Crippen LogP contribution in [0.3, 0.4) is 0 Å². The second-order valence-corrected chi connectivity index (χ2v) is 6.34. The molecule has 2 heterocycles. The van der Waals surface area contributed by atoms with Crippen molar-refractivity contribution in [3.05, 3.63) is 57.3 Å². The van der Waals surface area contributed by atoms with Crippen molar-refractivity contribution in [2.45, 2.75) is 39.7 Å². The monoisotopic (exact) mass is 326 g/mol. The number of hydrogen-bond acceptors (Lipinski definition) is 4. The maximum absolute atomic E-state index is 12.4. The molecule has 2 N–H and O–H groups in total. The van der Waals surface area contributed by atoms with Gasteiger partial charge in [-0.25, -0.2) is 4.98 Å². The second kappa shape index (κ2) is 6.20. The standard InChI is InChI=1S/C18H22N4O2/c1-10-5-7-14(8-6-10)12(3)15-16-17(18(24)20-13(4)19-16)22(21-15)11(2)9-23/h5-8,11-12,23H,9H2,1-4H3,(H,19,20,24)/t11-,12?/m1/s1. The van der Waals surface area contributed by atoms with E-state index in [1.165, 1.54) is 5.56 Å². The summed E-state index contributed by atoms with van der Waals surface area (Å²) in [5.41, 5.74) is 3.85. The van der Waals surface area contributed by atoms with Gasteiger partial charge < -0.3 is 10.1 Å². The van der Waals surface area contributed by atoms with E-state index >= 15 is 0 Å². The highest BCUT2D eigenvalue weighted by Gasteiger charge is 2.23. The van der Waals surface area contributed by atoms with Gasteiger partial charge in [-0.2, -0.15) is 5.10 Å². The predicted molar refractivity (Wildman–Crippen MR) is 93.4 cm³/mol. The number of nitrogens with zero attached hydrogens (tertiary/aromatic N) is 3. The molecule has 0 radical (unpaired) electrons. The molecule has 0 fully saturated rings. The van der Waals surface area contributed by atoms with Crippen molar-refractivity contribution in [1.29, 1.82) is 0 Å². The molecule has 6 heteroatoms.